The number of aromatic nitrogens is 2. The number of ether oxygens (including phenoxy) is 1. The smallest absolute Gasteiger partial charge is 0.318 e. The first-order valence-corrected chi connectivity index (χ1v) is 7.53. The van der Waals surface area contributed by atoms with Crippen molar-refractivity contribution in [3.8, 4) is 0 Å². The number of nitrogens with zero attached hydrogens (tertiary/aromatic N) is 3. The molecule has 1 saturated heterocycles. The predicted molar refractivity (Wildman–Crippen MR) is 72.3 cm³/mol. The Balaban J connectivity index is 1.51. The molecular formula is C14H23N3O2. The second-order valence-corrected chi connectivity index (χ2v) is 5.73. The van der Waals surface area contributed by atoms with Crippen LogP contribution < -0.4 is 4.90 Å². The Bertz CT molecular complexity index is 403. The third kappa shape index (κ3) is 2.91. The zero-order valence-corrected chi connectivity index (χ0v) is 11.7. The molecule has 0 amide bonds. The molecule has 0 N–H and O–H groups in total. The van der Waals surface area contributed by atoms with Crippen LogP contribution in [0.5, 0.6) is 0 Å². The highest BCUT2D eigenvalue weighted by atomic mass is 16.5. The predicted octanol–water partition coefficient (Wildman–Crippen LogP) is 2.59. The van der Waals surface area contributed by atoms with E-state index < -0.39 is 0 Å². The van der Waals surface area contributed by atoms with Crippen LogP contribution >= 0.6 is 0 Å². The Morgan fingerprint density at radius 3 is 2.95 bits per heavy atom. The number of hydrogen-bond acceptors (Lipinski definition) is 5. The second kappa shape index (κ2) is 5.90. The van der Waals surface area contributed by atoms with Crippen molar-refractivity contribution in [2.24, 2.45) is 5.92 Å². The fourth-order valence-corrected chi connectivity index (χ4v) is 2.71. The van der Waals surface area contributed by atoms with E-state index in [2.05, 4.69) is 22.0 Å². The minimum Gasteiger partial charge on any atom is -0.408 e. The summed E-state index contributed by atoms with van der Waals surface area (Å²) in [6, 6.07) is 0.708. The Labute approximate surface area is 114 Å². The summed E-state index contributed by atoms with van der Waals surface area (Å²) < 4.78 is 11.4. The normalized spacial score (nSPS) is 23.8. The highest BCUT2D eigenvalue weighted by Crippen LogP contribution is 2.36. The van der Waals surface area contributed by atoms with E-state index in [0.717, 1.165) is 45.0 Å². The molecule has 2 fully saturated rings. The molecule has 0 radical (unpaired) electrons. The third-order valence-electron chi connectivity index (χ3n) is 4.14. The van der Waals surface area contributed by atoms with Crippen molar-refractivity contribution in [1.82, 2.24) is 10.2 Å². The molecule has 1 aromatic rings. The zero-order chi connectivity index (χ0) is 13.1. The van der Waals surface area contributed by atoms with Gasteiger partial charge in [-0.05, 0) is 25.7 Å². The monoisotopic (exact) mass is 265 g/mol. The Hall–Kier alpha value is -1.10. The van der Waals surface area contributed by atoms with E-state index in [1.54, 1.807) is 0 Å². The van der Waals surface area contributed by atoms with Gasteiger partial charge in [0.05, 0.1) is 6.61 Å². The van der Waals surface area contributed by atoms with Gasteiger partial charge in [-0.1, -0.05) is 18.4 Å². The maximum Gasteiger partial charge on any atom is 0.318 e. The van der Waals surface area contributed by atoms with Gasteiger partial charge in [-0.25, -0.2) is 0 Å². The van der Waals surface area contributed by atoms with Crippen LogP contribution in [0.15, 0.2) is 4.42 Å². The lowest BCUT2D eigenvalue weighted by atomic mass is 9.85. The molecule has 1 unspecified atom stereocenters. The largest absolute Gasteiger partial charge is 0.408 e. The lowest BCUT2D eigenvalue weighted by Crippen LogP contribution is -2.21. The lowest BCUT2D eigenvalue weighted by molar-refractivity contribution is 0.106. The summed E-state index contributed by atoms with van der Waals surface area (Å²) >= 11 is 0. The second-order valence-electron chi connectivity index (χ2n) is 5.73. The zero-order valence-electron chi connectivity index (χ0n) is 11.7. The van der Waals surface area contributed by atoms with Gasteiger partial charge < -0.3 is 14.1 Å². The highest BCUT2D eigenvalue weighted by molar-refractivity contribution is 5.26. The van der Waals surface area contributed by atoms with E-state index in [9.17, 15) is 0 Å². The van der Waals surface area contributed by atoms with Gasteiger partial charge in [-0.15, -0.1) is 5.10 Å². The number of anilines is 1. The first-order chi connectivity index (χ1) is 9.36. The Kier molecular flexibility index (Phi) is 4.01. The number of rotatable bonds is 6. The summed E-state index contributed by atoms with van der Waals surface area (Å²) in [6.07, 6.45) is 5.95. The van der Waals surface area contributed by atoms with Crippen molar-refractivity contribution < 1.29 is 9.15 Å². The van der Waals surface area contributed by atoms with Crippen LogP contribution in [0.2, 0.25) is 0 Å². The first-order valence-electron chi connectivity index (χ1n) is 7.53. The fourth-order valence-electron chi connectivity index (χ4n) is 2.71. The molecule has 2 aliphatic rings. The minimum absolute atomic E-state index is 0.521. The van der Waals surface area contributed by atoms with Crippen molar-refractivity contribution in [3.05, 3.63) is 5.89 Å². The van der Waals surface area contributed by atoms with Gasteiger partial charge in [0.15, 0.2) is 0 Å². The molecule has 1 atom stereocenters. The van der Waals surface area contributed by atoms with Crippen LogP contribution in [-0.4, -0.2) is 36.5 Å². The molecule has 19 heavy (non-hydrogen) atoms. The van der Waals surface area contributed by atoms with Gasteiger partial charge >= 0.3 is 6.01 Å². The summed E-state index contributed by atoms with van der Waals surface area (Å²) in [5, 5.41) is 8.39. The molecule has 3 rings (SSSR count). The molecular weight excluding hydrogens is 242 g/mol. The molecule has 0 aromatic carbocycles. The average Bonchev–Trinajstić information content (AvgIpc) is 2.96. The van der Waals surface area contributed by atoms with E-state index in [-0.39, 0.29) is 0 Å². The lowest BCUT2D eigenvalue weighted by Gasteiger charge is -2.21. The van der Waals surface area contributed by atoms with Crippen molar-refractivity contribution in [2.45, 2.75) is 44.9 Å². The molecule has 1 saturated carbocycles. The Morgan fingerprint density at radius 2 is 2.21 bits per heavy atom. The molecule has 1 aromatic heterocycles. The number of hydrogen-bond donors (Lipinski definition) is 0. The summed E-state index contributed by atoms with van der Waals surface area (Å²) in [5.41, 5.74) is 0. The van der Waals surface area contributed by atoms with Crippen LogP contribution in [-0.2, 0) is 4.74 Å². The summed E-state index contributed by atoms with van der Waals surface area (Å²) in [7, 11) is 0. The van der Waals surface area contributed by atoms with Gasteiger partial charge in [0, 0.05) is 31.5 Å². The molecule has 5 heteroatoms. The Morgan fingerprint density at radius 1 is 1.32 bits per heavy atom. The fraction of sp³-hybridized carbons (Fsp3) is 0.857. The van der Waals surface area contributed by atoms with E-state index in [4.69, 9.17) is 9.15 Å². The van der Waals surface area contributed by atoms with Gasteiger partial charge in [0.2, 0.25) is 5.89 Å². The molecule has 0 spiro atoms. The van der Waals surface area contributed by atoms with Crippen molar-refractivity contribution >= 4 is 6.01 Å². The maximum absolute atomic E-state index is 5.81. The summed E-state index contributed by atoms with van der Waals surface area (Å²) in [4.78, 5) is 2.20. The SMILES string of the molecule is CCCOCC1CCN(c2nnc(C3CCC3)o2)C1. The molecule has 2 heterocycles. The van der Waals surface area contributed by atoms with E-state index in [1.807, 2.05) is 0 Å². The molecule has 1 aliphatic heterocycles. The average molecular weight is 265 g/mol. The topological polar surface area (TPSA) is 51.4 Å². The van der Waals surface area contributed by atoms with Crippen molar-refractivity contribution in [2.75, 3.05) is 31.2 Å². The van der Waals surface area contributed by atoms with E-state index in [0.29, 0.717) is 17.9 Å². The first kappa shape index (κ1) is 12.9. The van der Waals surface area contributed by atoms with Gasteiger partial charge in [-0.3, -0.25) is 0 Å². The molecule has 5 nitrogen and oxygen atoms in total. The standard InChI is InChI=1S/C14H23N3O2/c1-2-8-18-10-11-6-7-17(9-11)14-16-15-13(19-14)12-4-3-5-12/h11-12H,2-10H2,1H3. The third-order valence-corrected chi connectivity index (χ3v) is 4.14. The van der Waals surface area contributed by atoms with Crippen LogP contribution in [0.25, 0.3) is 0 Å². The van der Waals surface area contributed by atoms with E-state index >= 15 is 0 Å². The van der Waals surface area contributed by atoms with Crippen LogP contribution in [0.1, 0.15) is 50.8 Å². The molecule has 106 valence electrons. The van der Waals surface area contributed by atoms with Crippen LogP contribution in [0.4, 0.5) is 6.01 Å². The molecule has 1 aliphatic carbocycles. The maximum atomic E-state index is 5.81. The van der Waals surface area contributed by atoms with Crippen molar-refractivity contribution in [1.29, 1.82) is 0 Å². The van der Waals surface area contributed by atoms with Crippen LogP contribution in [0.3, 0.4) is 0 Å². The summed E-state index contributed by atoms with van der Waals surface area (Å²) in [5.74, 6) is 1.96. The van der Waals surface area contributed by atoms with Crippen molar-refractivity contribution in [3.63, 3.8) is 0 Å². The van der Waals surface area contributed by atoms with Gasteiger partial charge in [0.25, 0.3) is 0 Å². The summed E-state index contributed by atoms with van der Waals surface area (Å²) in [6.45, 7) is 5.85. The molecule has 0 bridgehead atoms. The highest BCUT2D eigenvalue weighted by Gasteiger charge is 2.29. The van der Waals surface area contributed by atoms with Gasteiger partial charge in [0.1, 0.15) is 0 Å². The minimum atomic E-state index is 0.521. The van der Waals surface area contributed by atoms with E-state index in [1.165, 1.54) is 19.3 Å². The van der Waals surface area contributed by atoms with Gasteiger partial charge in [-0.2, -0.15) is 0 Å². The van der Waals surface area contributed by atoms with Crippen LogP contribution in [0, 0.1) is 5.92 Å². The quantitative estimate of drug-likeness (QED) is 0.740.